The Morgan fingerprint density at radius 1 is 1.21 bits per heavy atom. The van der Waals surface area contributed by atoms with E-state index in [0.717, 1.165) is 12.1 Å². The van der Waals surface area contributed by atoms with Gasteiger partial charge in [0.1, 0.15) is 0 Å². The van der Waals surface area contributed by atoms with Crippen molar-refractivity contribution in [3.8, 4) is 0 Å². The van der Waals surface area contributed by atoms with Crippen LogP contribution in [0.4, 0.5) is 0 Å². The van der Waals surface area contributed by atoms with E-state index in [4.69, 9.17) is 23.2 Å². The zero-order chi connectivity index (χ0) is 10.2. The second-order valence-corrected chi connectivity index (χ2v) is 5.06. The minimum atomic E-state index is 0.356. The van der Waals surface area contributed by atoms with Gasteiger partial charge >= 0.3 is 0 Å². The van der Waals surface area contributed by atoms with Crippen molar-refractivity contribution in [3.63, 3.8) is 0 Å². The Kier molecular flexibility index (Phi) is 2.74. The van der Waals surface area contributed by atoms with E-state index in [0.29, 0.717) is 15.6 Å². The Hall–Kier alpha value is -0.240. The first-order valence-corrected chi connectivity index (χ1v) is 5.53. The van der Waals surface area contributed by atoms with Gasteiger partial charge in [0.05, 0.1) is 0 Å². The highest BCUT2D eigenvalue weighted by Crippen LogP contribution is 2.34. The van der Waals surface area contributed by atoms with Crippen molar-refractivity contribution < 1.29 is 0 Å². The molecule has 0 radical (unpaired) electrons. The first kappa shape index (κ1) is 10.3. The van der Waals surface area contributed by atoms with Crippen LogP contribution in [0.5, 0.6) is 0 Å². The van der Waals surface area contributed by atoms with Crippen molar-refractivity contribution in [2.75, 3.05) is 0 Å². The lowest BCUT2D eigenvalue weighted by atomic mass is 10.2. The molecule has 0 heterocycles. The molecule has 3 heteroatoms. The summed E-state index contributed by atoms with van der Waals surface area (Å²) in [5.74, 6) is 0. The lowest BCUT2D eigenvalue weighted by Crippen LogP contribution is -2.26. The summed E-state index contributed by atoms with van der Waals surface area (Å²) in [6.07, 6.45) is 2.53. The van der Waals surface area contributed by atoms with Gasteiger partial charge in [-0.1, -0.05) is 23.2 Å². The smallest absolute Gasteiger partial charge is 0.0424 e. The number of nitrogens with one attached hydrogen (secondary N) is 1. The molecule has 0 atom stereocenters. The quantitative estimate of drug-likeness (QED) is 0.835. The van der Waals surface area contributed by atoms with Crippen molar-refractivity contribution in [2.24, 2.45) is 0 Å². The number of hydrogen-bond donors (Lipinski definition) is 1. The molecule has 0 bridgehead atoms. The highest BCUT2D eigenvalue weighted by Gasteiger charge is 2.36. The molecule has 76 valence electrons. The second kappa shape index (κ2) is 3.73. The number of benzene rings is 1. The molecule has 14 heavy (non-hydrogen) atoms. The summed E-state index contributed by atoms with van der Waals surface area (Å²) in [6.45, 7) is 3.08. The summed E-state index contributed by atoms with van der Waals surface area (Å²) in [6, 6.07) is 5.66. The highest BCUT2D eigenvalue weighted by molar-refractivity contribution is 6.34. The fourth-order valence-electron chi connectivity index (χ4n) is 1.39. The maximum absolute atomic E-state index is 5.90. The van der Waals surface area contributed by atoms with Gasteiger partial charge in [0.15, 0.2) is 0 Å². The zero-order valence-electron chi connectivity index (χ0n) is 8.11. The Bertz CT molecular complexity index is 325. The van der Waals surface area contributed by atoms with Gasteiger partial charge in [-0.15, -0.1) is 0 Å². The van der Waals surface area contributed by atoms with Gasteiger partial charge in [0, 0.05) is 22.1 Å². The molecule has 0 amide bonds. The Labute approximate surface area is 94.4 Å². The van der Waals surface area contributed by atoms with E-state index in [-0.39, 0.29) is 0 Å². The van der Waals surface area contributed by atoms with Gasteiger partial charge < -0.3 is 5.32 Å². The maximum Gasteiger partial charge on any atom is 0.0424 e. The van der Waals surface area contributed by atoms with Crippen molar-refractivity contribution >= 4 is 23.2 Å². The van der Waals surface area contributed by atoms with Gasteiger partial charge in [0.25, 0.3) is 0 Å². The number of halogens is 2. The van der Waals surface area contributed by atoms with E-state index in [1.807, 2.05) is 12.1 Å². The van der Waals surface area contributed by atoms with Gasteiger partial charge in [-0.05, 0) is 43.5 Å². The van der Waals surface area contributed by atoms with Crippen LogP contribution in [0.15, 0.2) is 18.2 Å². The maximum atomic E-state index is 5.90. The topological polar surface area (TPSA) is 12.0 Å². The molecule has 1 aromatic carbocycles. The molecular formula is C11H13Cl2N. The molecule has 1 saturated carbocycles. The molecule has 1 aliphatic carbocycles. The largest absolute Gasteiger partial charge is 0.307 e. The van der Waals surface area contributed by atoms with Crippen molar-refractivity contribution in [1.29, 1.82) is 0 Å². The van der Waals surface area contributed by atoms with E-state index >= 15 is 0 Å². The van der Waals surface area contributed by atoms with Crippen LogP contribution in [0.2, 0.25) is 10.0 Å². The fraction of sp³-hybridized carbons (Fsp3) is 0.455. The summed E-state index contributed by atoms with van der Waals surface area (Å²) in [5, 5.41) is 4.89. The number of rotatable bonds is 3. The predicted molar refractivity (Wildman–Crippen MR) is 60.9 cm³/mol. The summed E-state index contributed by atoms with van der Waals surface area (Å²) in [5.41, 5.74) is 1.50. The molecule has 0 aliphatic heterocycles. The average Bonchev–Trinajstić information content (AvgIpc) is 2.80. The van der Waals surface area contributed by atoms with Crippen LogP contribution < -0.4 is 5.32 Å². The van der Waals surface area contributed by atoms with E-state index in [1.54, 1.807) is 6.07 Å². The third-order valence-electron chi connectivity index (χ3n) is 2.64. The molecule has 0 spiro atoms. The molecule has 1 nitrogen and oxygen atoms in total. The van der Waals surface area contributed by atoms with Crippen molar-refractivity contribution in [2.45, 2.75) is 31.8 Å². The predicted octanol–water partition coefficient (Wildman–Crippen LogP) is 3.64. The van der Waals surface area contributed by atoms with Gasteiger partial charge in [-0.2, -0.15) is 0 Å². The lowest BCUT2D eigenvalue weighted by Gasteiger charge is -2.11. The van der Waals surface area contributed by atoms with Gasteiger partial charge in [0.2, 0.25) is 0 Å². The first-order chi connectivity index (χ1) is 6.57. The van der Waals surface area contributed by atoms with E-state index in [1.165, 1.54) is 12.8 Å². The molecule has 2 rings (SSSR count). The second-order valence-electron chi connectivity index (χ2n) is 4.19. The van der Waals surface area contributed by atoms with Gasteiger partial charge in [-0.3, -0.25) is 0 Å². The standard InChI is InChI=1S/C11H13Cl2N/c1-11(2-3-11)14-7-8-4-9(12)6-10(13)5-8/h4-6,14H,2-3,7H2,1H3. The third-order valence-corrected chi connectivity index (χ3v) is 3.08. The molecule has 1 N–H and O–H groups in total. The van der Waals surface area contributed by atoms with Crippen LogP contribution in [0.3, 0.4) is 0 Å². The third kappa shape index (κ3) is 2.63. The Morgan fingerprint density at radius 2 is 1.79 bits per heavy atom. The van der Waals surface area contributed by atoms with Crippen LogP contribution in [0.1, 0.15) is 25.3 Å². The van der Waals surface area contributed by atoms with Crippen LogP contribution in [0.25, 0.3) is 0 Å². The molecule has 0 unspecified atom stereocenters. The Morgan fingerprint density at radius 3 is 2.29 bits per heavy atom. The van der Waals surface area contributed by atoms with E-state index in [9.17, 15) is 0 Å². The minimum Gasteiger partial charge on any atom is -0.307 e. The summed E-state index contributed by atoms with van der Waals surface area (Å²) in [4.78, 5) is 0. The van der Waals surface area contributed by atoms with E-state index in [2.05, 4.69) is 12.2 Å². The molecule has 1 aromatic rings. The first-order valence-electron chi connectivity index (χ1n) is 4.77. The molecular weight excluding hydrogens is 217 g/mol. The van der Waals surface area contributed by atoms with Crippen LogP contribution >= 0.6 is 23.2 Å². The number of hydrogen-bond acceptors (Lipinski definition) is 1. The SMILES string of the molecule is CC1(NCc2cc(Cl)cc(Cl)c2)CC1. The average molecular weight is 230 g/mol. The normalized spacial score (nSPS) is 18.2. The summed E-state index contributed by atoms with van der Waals surface area (Å²) in [7, 11) is 0. The lowest BCUT2D eigenvalue weighted by molar-refractivity contribution is 0.538. The van der Waals surface area contributed by atoms with Crippen LogP contribution in [-0.4, -0.2) is 5.54 Å². The van der Waals surface area contributed by atoms with E-state index < -0.39 is 0 Å². The van der Waals surface area contributed by atoms with Crippen LogP contribution in [0, 0.1) is 0 Å². The zero-order valence-corrected chi connectivity index (χ0v) is 9.62. The Balaban J connectivity index is 2.01. The van der Waals surface area contributed by atoms with Gasteiger partial charge in [-0.25, -0.2) is 0 Å². The molecule has 1 aliphatic rings. The molecule has 0 aromatic heterocycles. The fourth-order valence-corrected chi connectivity index (χ4v) is 1.96. The molecule has 0 saturated heterocycles. The minimum absolute atomic E-state index is 0.356. The van der Waals surface area contributed by atoms with Crippen molar-refractivity contribution in [1.82, 2.24) is 5.32 Å². The monoisotopic (exact) mass is 229 g/mol. The van der Waals surface area contributed by atoms with Crippen molar-refractivity contribution in [3.05, 3.63) is 33.8 Å². The highest BCUT2D eigenvalue weighted by atomic mass is 35.5. The molecule has 1 fully saturated rings. The van der Waals surface area contributed by atoms with Crippen LogP contribution in [-0.2, 0) is 6.54 Å². The summed E-state index contributed by atoms with van der Waals surface area (Å²) >= 11 is 11.8. The summed E-state index contributed by atoms with van der Waals surface area (Å²) < 4.78 is 0.